The van der Waals surface area contributed by atoms with E-state index in [-0.39, 0.29) is 0 Å². The molecule has 0 rings (SSSR count). The van der Waals surface area contributed by atoms with Crippen LogP contribution < -0.4 is 0 Å². The summed E-state index contributed by atoms with van der Waals surface area (Å²) in [6.45, 7) is 0. The van der Waals surface area contributed by atoms with Crippen LogP contribution in [0.1, 0.15) is 0 Å². The first-order chi connectivity index (χ1) is 8.93. The second-order valence-corrected chi connectivity index (χ2v) is 38.3. The molecule has 0 saturated carbocycles. The van der Waals surface area contributed by atoms with Crippen LogP contribution in [0.3, 0.4) is 0 Å². The Labute approximate surface area is 163 Å². The van der Waals surface area contributed by atoms with Crippen molar-refractivity contribution in [3.63, 3.8) is 0 Å². The molecule has 4 nitrogen and oxygen atoms in total. The van der Waals surface area contributed by atoms with Crippen molar-refractivity contribution in [3.05, 3.63) is 0 Å². The molecule has 0 unspecified atom stereocenters. The number of halogens is 4. The van der Waals surface area contributed by atoms with Gasteiger partial charge < -0.3 is 0 Å². The van der Waals surface area contributed by atoms with Gasteiger partial charge in [0.2, 0.25) is 0 Å². The van der Waals surface area contributed by atoms with Crippen LogP contribution in [-0.4, -0.2) is 66.9 Å². The summed E-state index contributed by atoms with van der Waals surface area (Å²) < 4.78 is 38.2. The van der Waals surface area contributed by atoms with Crippen molar-refractivity contribution in [1.82, 2.24) is 0 Å². The summed E-state index contributed by atoms with van der Waals surface area (Å²) in [6.07, 6.45) is 13.1. The molecular weight excluding hydrogens is 620 g/mol. The van der Waals surface area contributed by atoms with Crippen molar-refractivity contribution in [2.75, 3.05) is 50.0 Å². The van der Waals surface area contributed by atoms with E-state index < -0.39 is 52.1 Å². The zero-order valence-electron chi connectivity index (χ0n) is 13.1. The topological polar surface area (TPSA) is 68.3 Å². The fourth-order valence-electron chi connectivity index (χ4n) is 0. The normalized spacial score (nSPS) is 10.3. The van der Waals surface area contributed by atoms with Gasteiger partial charge in [0, 0.05) is 93.2 Å². The van der Waals surface area contributed by atoms with Crippen LogP contribution >= 0.6 is 46.6 Å². The minimum absolute atomic E-state index is 0.611. The molecular formula is C8H24Br2Cl2O4RuS4. The predicted octanol–water partition coefficient (Wildman–Crippen LogP) is 3.05. The average molecular weight is 644 g/mol. The van der Waals surface area contributed by atoms with Crippen molar-refractivity contribution in [3.8, 4) is 0 Å². The van der Waals surface area contributed by atoms with Crippen LogP contribution in [0.25, 0.3) is 0 Å². The molecule has 13 heteroatoms. The third kappa shape index (κ3) is 1290. The molecule has 0 N–H and O–H groups in total. The van der Waals surface area contributed by atoms with E-state index in [4.69, 9.17) is 19.4 Å². The molecule has 0 bridgehead atoms. The van der Waals surface area contributed by atoms with Crippen LogP contribution in [0.2, 0.25) is 0 Å². The van der Waals surface area contributed by atoms with E-state index in [1.165, 1.54) is 0 Å². The second-order valence-electron chi connectivity index (χ2n) is 3.27. The van der Waals surface area contributed by atoms with Gasteiger partial charge in [-0.05, 0) is 0 Å². The van der Waals surface area contributed by atoms with Gasteiger partial charge in [-0.2, -0.15) is 0 Å². The van der Waals surface area contributed by atoms with E-state index in [1.807, 2.05) is 0 Å². The van der Waals surface area contributed by atoms with Crippen LogP contribution in [-0.2, 0) is 52.1 Å². The first kappa shape index (κ1) is 35.0. The zero-order valence-corrected chi connectivity index (χ0v) is 22.8. The Kier molecular flexibility index (Phi) is 41.7. The number of hydrogen-bond acceptors (Lipinski definition) is 4. The molecule has 0 aromatic heterocycles. The Hall–Kier alpha value is 2.76. The van der Waals surface area contributed by atoms with E-state index in [2.05, 4.69) is 27.2 Å². The van der Waals surface area contributed by atoms with E-state index in [0.717, 1.165) is 0 Å². The molecule has 0 heterocycles. The Morgan fingerprint density at radius 2 is 0.571 bits per heavy atom. The predicted molar refractivity (Wildman–Crippen MR) is 110 cm³/mol. The summed E-state index contributed by atoms with van der Waals surface area (Å²) >= 11 is 5.99. The van der Waals surface area contributed by atoms with Gasteiger partial charge in [-0.15, -0.1) is 0 Å². The third-order valence-corrected chi connectivity index (χ3v) is 0. The Morgan fingerprint density at radius 1 is 0.571 bits per heavy atom. The van der Waals surface area contributed by atoms with Gasteiger partial charge in [-0.3, -0.25) is 16.8 Å². The average Bonchev–Trinajstić information content (AvgIpc) is 1.91. The van der Waals surface area contributed by atoms with Crippen LogP contribution in [0.15, 0.2) is 0 Å². The fraction of sp³-hybridized carbons (Fsp3) is 1.00. The molecule has 0 aliphatic heterocycles. The summed E-state index contributed by atoms with van der Waals surface area (Å²) in [5, 5.41) is 0. The molecule has 0 aliphatic carbocycles. The van der Waals surface area contributed by atoms with Gasteiger partial charge in [0.25, 0.3) is 0 Å². The summed E-state index contributed by atoms with van der Waals surface area (Å²) in [5.74, 6) is 0. The SMILES string of the molecule is CS(C)=O.CS(C)=O.CS(C)=O.CS(C)=O.[Cl][Ru]([Cl])([Br])[Br]. The van der Waals surface area contributed by atoms with Crippen molar-refractivity contribution in [1.29, 1.82) is 0 Å². The van der Waals surface area contributed by atoms with Crippen molar-refractivity contribution < 1.29 is 25.7 Å². The Morgan fingerprint density at radius 3 is 0.571 bits per heavy atom. The van der Waals surface area contributed by atoms with E-state index in [1.54, 1.807) is 50.0 Å². The maximum atomic E-state index is 9.56. The molecule has 21 heavy (non-hydrogen) atoms. The van der Waals surface area contributed by atoms with Crippen molar-refractivity contribution in [2.24, 2.45) is 0 Å². The van der Waals surface area contributed by atoms with E-state index in [0.29, 0.717) is 0 Å². The number of hydrogen-bond donors (Lipinski definition) is 0. The standard InChI is InChI=1S/4C2H6OS.2BrH.2ClH.Ru/c4*1-4(2)3;;;;;/h4*1-2H3;4*1H;/q;;;;;;;;+4/p-4. The first-order valence-corrected chi connectivity index (χ1v) is 24.8. The maximum absolute atomic E-state index is 9.56. The van der Waals surface area contributed by atoms with E-state index in [9.17, 15) is 16.8 Å². The Bertz CT molecular complexity index is 247. The van der Waals surface area contributed by atoms with Crippen LogP contribution in [0.4, 0.5) is 0 Å². The summed E-state index contributed by atoms with van der Waals surface area (Å²) in [7, 11) is 5.86. The van der Waals surface area contributed by atoms with Crippen LogP contribution in [0, 0.1) is 0 Å². The third-order valence-electron chi connectivity index (χ3n) is 0. The van der Waals surface area contributed by atoms with Crippen LogP contribution in [0.5, 0.6) is 0 Å². The first-order valence-electron chi connectivity index (χ1n) is 4.47. The van der Waals surface area contributed by atoms with Gasteiger partial charge in [0.1, 0.15) is 0 Å². The molecule has 0 radical (unpaired) electrons. The Balaban J connectivity index is -0.0000000510. The monoisotopic (exact) mass is 642 g/mol. The molecule has 0 aliphatic rings. The fourth-order valence-corrected chi connectivity index (χ4v) is 0. The summed E-state index contributed by atoms with van der Waals surface area (Å²) in [6, 6.07) is 0. The number of rotatable bonds is 0. The van der Waals surface area contributed by atoms with Crippen molar-refractivity contribution in [2.45, 2.75) is 0 Å². The molecule has 0 spiro atoms. The minimum atomic E-state index is -2.29. The molecule has 0 amide bonds. The van der Waals surface area contributed by atoms with E-state index >= 15 is 0 Å². The van der Waals surface area contributed by atoms with Gasteiger partial charge in [0.15, 0.2) is 0 Å². The van der Waals surface area contributed by atoms with Gasteiger partial charge >= 0.3 is 55.5 Å². The second kappa shape index (κ2) is 25.0. The van der Waals surface area contributed by atoms with Gasteiger partial charge in [-0.1, -0.05) is 0 Å². The molecule has 0 fully saturated rings. The quantitative estimate of drug-likeness (QED) is 0.381. The van der Waals surface area contributed by atoms with Gasteiger partial charge in [0.05, 0.1) is 0 Å². The van der Waals surface area contributed by atoms with Gasteiger partial charge in [-0.25, -0.2) is 0 Å². The molecule has 0 aromatic carbocycles. The summed E-state index contributed by atoms with van der Waals surface area (Å²) in [4.78, 5) is 0. The van der Waals surface area contributed by atoms with Crippen molar-refractivity contribution >= 4 is 89.8 Å². The molecule has 140 valence electrons. The summed E-state index contributed by atoms with van der Waals surface area (Å²) in [5.41, 5.74) is 0. The molecule has 0 aromatic rings. The molecule has 0 saturated heterocycles. The molecule has 0 atom stereocenters. The zero-order chi connectivity index (χ0) is 18.8.